The van der Waals surface area contributed by atoms with Crippen LogP contribution in [0.4, 0.5) is 13.9 Å². The van der Waals surface area contributed by atoms with Gasteiger partial charge in [-0.1, -0.05) is 12.8 Å². The third-order valence-corrected chi connectivity index (χ3v) is 5.95. The van der Waals surface area contributed by atoms with E-state index < -0.39 is 17.5 Å². The van der Waals surface area contributed by atoms with Crippen LogP contribution in [0.1, 0.15) is 25.7 Å². The van der Waals surface area contributed by atoms with Crippen LogP contribution >= 0.6 is 11.3 Å². The summed E-state index contributed by atoms with van der Waals surface area (Å²) in [5, 5.41) is 4.20. The summed E-state index contributed by atoms with van der Waals surface area (Å²) >= 11 is 1.05. The van der Waals surface area contributed by atoms with E-state index >= 15 is 0 Å². The molecule has 2 fully saturated rings. The lowest BCUT2D eigenvalue weighted by Gasteiger charge is -2.19. The second-order valence-electron chi connectivity index (χ2n) is 6.97. The van der Waals surface area contributed by atoms with Crippen molar-refractivity contribution in [3.63, 3.8) is 0 Å². The van der Waals surface area contributed by atoms with Crippen LogP contribution in [0.3, 0.4) is 0 Å². The average Bonchev–Trinajstić information content (AvgIpc) is 3.23. The fourth-order valence-electron chi connectivity index (χ4n) is 3.84. The minimum absolute atomic E-state index is 0.00859. The van der Waals surface area contributed by atoms with Gasteiger partial charge in [-0.2, -0.15) is 0 Å². The number of fused-ring (bicyclic) bond motifs is 1. The van der Waals surface area contributed by atoms with Crippen LogP contribution in [0.25, 0.3) is 11.3 Å². The molecule has 2 atom stereocenters. The highest BCUT2D eigenvalue weighted by atomic mass is 32.1. The SMILES string of the molecule is O=C(CN1C(=O)C2CCCCC2C1=O)Nc1nc(-c2cc(F)ccc2F)cs1. The van der Waals surface area contributed by atoms with Crippen LogP contribution in [0, 0.1) is 23.5 Å². The largest absolute Gasteiger partial charge is 0.300 e. The average molecular weight is 405 g/mol. The predicted molar refractivity (Wildman–Crippen MR) is 98.3 cm³/mol. The zero-order valence-corrected chi connectivity index (χ0v) is 15.6. The fraction of sp³-hybridized carbons (Fsp3) is 0.368. The van der Waals surface area contributed by atoms with Gasteiger partial charge < -0.3 is 5.32 Å². The normalized spacial score (nSPS) is 21.7. The molecule has 1 aromatic heterocycles. The van der Waals surface area contributed by atoms with Crippen molar-refractivity contribution in [3.8, 4) is 11.3 Å². The standard InChI is InChI=1S/C19H17F2N3O3S/c20-10-5-6-14(21)13(7-10)15-9-28-19(22-15)23-16(25)8-24-17(26)11-3-1-2-4-12(11)18(24)27/h5-7,9,11-12H,1-4,8H2,(H,22,23,25). The number of nitrogens with one attached hydrogen (secondary N) is 1. The first-order valence-corrected chi connectivity index (χ1v) is 9.88. The number of hydrogen-bond donors (Lipinski definition) is 1. The highest BCUT2D eigenvalue weighted by molar-refractivity contribution is 7.14. The molecule has 1 aliphatic heterocycles. The van der Waals surface area contributed by atoms with Crippen molar-refractivity contribution in [2.45, 2.75) is 25.7 Å². The summed E-state index contributed by atoms with van der Waals surface area (Å²) in [7, 11) is 0. The molecular formula is C19H17F2N3O3S. The monoisotopic (exact) mass is 405 g/mol. The number of hydrogen-bond acceptors (Lipinski definition) is 5. The smallest absolute Gasteiger partial charge is 0.246 e. The quantitative estimate of drug-likeness (QED) is 0.793. The molecular weight excluding hydrogens is 388 g/mol. The molecule has 1 aliphatic carbocycles. The van der Waals surface area contributed by atoms with E-state index in [4.69, 9.17) is 0 Å². The van der Waals surface area contributed by atoms with Gasteiger partial charge in [0.05, 0.1) is 17.5 Å². The number of halogens is 2. The van der Waals surface area contributed by atoms with E-state index in [9.17, 15) is 23.2 Å². The van der Waals surface area contributed by atoms with E-state index in [0.29, 0.717) is 12.8 Å². The van der Waals surface area contributed by atoms with Crippen LogP contribution in [0.15, 0.2) is 23.6 Å². The van der Waals surface area contributed by atoms with E-state index in [1.807, 2.05) is 0 Å². The molecule has 6 nitrogen and oxygen atoms in total. The third kappa shape index (κ3) is 3.42. The number of likely N-dealkylation sites (tertiary alicyclic amines) is 1. The number of anilines is 1. The molecule has 146 valence electrons. The Bertz CT molecular complexity index is 938. The Kier molecular flexibility index (Phi) is 4.92. The number of benzene rings is 1. The Hall–Kier alpha value is -2.68. The highest BCUT2D eigenvalue weighted by Gasteiger charge is 2.48. The Morgan fingerprint density at radius 1 is 1.18 bits per heavy atom. The lowest BCUT2D eigenvalue weighted by atomic mass is 9.81. The van der Waals surface area contributed by atoms with Crippen molar-refractivity contribution in [3.05, 3.63) is 35.2 Å². The number of nitrogens with zero attached hydrogens (tertiary/aromatic N) is 2. The second-order valence-corrected chi connectivity index (χ2v) is 7.83. The lowest BCUT2D eigenvalue weighted by Crippen LogP contribution is -2.38. The summed E-state index contributed by atoms with van der Waals surface area (Å²) in [5.41, 5.74) is 0.183. The molecule has 9 heteroatoms. The van der Waals surface area contributed by atoms with Crippen molar-refractivity contribution >= 4 is 34.2 Å². The number of amides is 3. The Morgan fingerprint density at radius 3 is 2.54 bits per heavy atom. The fourth-order valence-corrected chi connectivity index (χ4v) is 4.56. The molecule has 1 N–H and O–H groups in total. The summed E-state index contributed by atoms with van der Waals surface area (Å²) in [6.45, 7) is -0.367. The third-order valence-electron chi connectivity index (χ3n) is 5.19. The molecule has 2 heterocycles. The maximum absolute atomic E-state index is 13.9. The maximum Gasteiger partial charge on any atom is 0.246 e. The number of carbonyl (C=O) groups excluding carboxylic acids is 3. The summed E-state index contributed by atoms with van der Waals surface area (Å²) in [6.07, 6.45) is 3.20. The van der Waals surface area contributed by atoms with Gasteiger partial charge in [-0.25, -0.2) is 13.8 Å². The number of imide groups is 1. The highest BCUT2D eigenvalue weighted by Crippen LogP contribution is 2.38. The van der Waals surface area contributed by atoms with Crippen LogP contribution in [0.5, 0.6) is 0 Å². The van der Waals surface area contributed by atoms with Crippen LogP contribution in [0.2, 0.25) is 0 Å². The topological polar surface area (TPSA) is 79.4 Å². The first kappa shape index (κ1) is 18.7. The minimum atomic E-state index is -0.625. The molecule has 0 spiro atoms. The van der Waals surface area contributed by atoms with Gasteiger partial charge in [-0.05, 0) is 31.0 Å². The first-order valence-electron chi connectivity index (χ1n) is 9.00. The van der Waals surface area contributed by atoms with E-state index in [1.165, 1.54) is 5.38 Å². The molecule has 0 bridgehead atoms. The number of carbonyl (C=O) groups is 3. The molecule has 1 saturated carbocycles. The number of thiazole rings is 1. The van der Waals surface area contributed by atoms with Crippen molar-refractivity contribution in [2.24, 2.45) is 11.8 Å². The zero-order chi connectivity index (χ0) is 19.8. The van der Waals surface area contributed by atoms with Gasteiger partial charge >= 0.3 is 0 Å². The van der Waals surface area contributed by atoms with Gasteiger partial charge in [0.2, 0.25) is 17.7 Å². The van der Waals surface area contributed by atoms with E-state index in [2.05, 4.69) is 10.3 Å². The molecule has 1 saturated heterocycles. The molecule has 28 heavy (non-hydrogen) atoms. The van der Waals surface area contributed by atoms with Gasteiger partial charge in [0.15, 0.2) is 5.13 Å². The second kappa shape index (κ2) is 7.38. The summed E-state index contributed by atoms with van der Waals surface area (Å²) in [5.74, 6) is -2.96. The van der Waals surface area contributed by atoms with Crippen LogP contribution in [-0.4, -0.2) is 34.2 Å². The van der Waals surface area contributed by atoms with E-state index in [1.54, 1.807) is 0 Å². The van der Waals surface area contributed by atoms with Gasteiger partial charge in [-0.3, -0.25) is 19.3 Å². The molecule has 2 aromatic rings. The van der Waals surface area contributed by atoms with Crippen LogP contribution < -0.4 is 5.32 Å². The Morgan fingerprint density at radius 2 is 1.86 bits per heavy atom. The maximum atomic E-state index is 13.9. The molecule has 2 unspecified atom stereocenters. The van der Waals surface area contributed by atoms with Crippen molar-refractivity contribution in [1.82, 2.24) is 9.88 Å². The van der Waals surface area contributed by atoms with Crippen LogP contribution in [-0.2, 0) is 14.4 Å². The van der Waals surface area contributed by atoms with Gasteiger partial charge in [-0.15, -0.1) is 11.3 Å². The molecule has 2 aliphatic rings. The summed E-state index contributed by atoms with van der Waals surface area (Å²) in [4.78, 5) is 42.3. The minimum Gasteiger partial charge on any atom is -0.300 e. The zero-order valence-electron chi connectivity index (χ0n) is 14.8. The first-order chi connectivity index (χ1) is 13.4. The van der Waals surface area contributed by atoms with E-state index in [-0.39, 0.29) is 46.6 Å². The molecule has 1 aromatic carbocycles. The van der Waals surface area contributed by atoms with Gasteiger partial charge in [0.1, 0.15) is 18.2 Å². The number of aromatic nitrogens is 1. The predicted octanol–water partition coefficient (Wildman–Crippen LogP) is 3.20. The summed E-state index contributed by atoms with van der Waals surface area (Å²) < 4.78 is 27.2. The molecule has 3 amide bonds. The van der Waals surface area contributed by atoms with Crippen molar-refractivity contribution in [2.75, 3.05) is 11.9 Å². The number of rotatable bonds is 4. The Labute approximate surface area is 163 Å². The lowest BCUT2D eigenvalue weighted by molar-refractivity contribution is -0.142. The molecule has 0 radical (unpaired) electrons. The van der Waals surface area contributed by atoms with Gasteiger partial charge in [0, 0.05) is 10.9 Å². The summed E-state index contributed by atoms with van der Waals surface area (Å²) in [6, 6.07) is 3.04. The van der Waals surface area contributed by atoms with Crippen molar-refractivity contribution in [1.29, 1.82) is 0 Å². The van der Waals surface area contributed by atoms with Gasteiger partial charge in [0.25, 0.3) is 0 Å². The Balaban J connectivity index is 1.43. The molecule has 4 rings (SSSR count). The van der Waals surface area contributed by atoms with E-state index in [0.717, 1.165) is 47.3 Å². The van der Waals surface area contributed by atoms with Crippen molar-refractivity contribution < 1.29 is 23.2 Å².